The summed E-state index contributed by atoms with van der Waals surface area (Å²) in [5, 5.41) is 0. The summed E-state index contributed by atoms with van der Waals surface area (Å²) >= 11 is 0. The van der Waals surface area contributed by atoms with Crippen molar-refractivity contribution in [1.82, 2.24) is 9.55 Å². The molecule has 96 valence electrons. The zero-order valence-electron chi connectivity index (χ0n) is 9.54. The van der Waals surface area contributed by atoms with E-state index in [0.717, 1.165) is 19.3 Å². The molecule has 0 atom stereocenters. The topological polar surface area (TPSA) is 43.8 Å². The highest BCUT2D eigenvalue weighted by Gasteiger charge is 2.40. The highest BCUT2D eigenvalue weighted by molar-refractivity contribution is 5.80. The van der Waals surface area contributed by atoms with Crippen LogP contribution >= 0.6 is 0 Å². The third kappa shape index (κ3) is 1.63. The molecule has 3 rings (SSSR count). The molecule has 1 heterocycles. The molecule has 0 aliphatic heterocycles. The van der Waals surface area contributed by atoms with E-state index in [1.54, 1.807) is 12.1 Å². The number of hydrogen-bond donors (Lipinski definition) is 1. The minimum Gasteiger partial charge on any atom is -0.399 e. The van der Waals surface area contributed by atoms with Gasteiger partial charge in [0.2, 0.25) is 5.82 Å². The molecule has 2 aromatic rings. The van der Waals surface area contributed by atoms with Crippen LogP contribution in [0, 0.1) is 0 Å². The van der Waals surface area contributed by atoms with Gasteiger partial charge in [-0.1, -0.05) is 0 Å². The van der Waals surface area contributed by atoms with Crippen molar-refractivity contribution in [2.75, 3.05) is 5.73 Å². The first-order valence-electron chi connectivity index (χ1n) is 5.81. The molecule has 1 aromatic carbocycles. The van der Waals surface area contributed by atoms with E-state index in [1.165, 1.54) is 10.6 Å². The van der Waals surface area contributed by atoms with Crippen LogP contribution in [0.15, 0.2) is 18.2 Å². The maximum Gasteiger partial charge on any atom is 0.449 e. The summed E-state index contributed by atoms with van der Waals surface area (Å²) in [6, 6.07) is 4.62. The molecule has 1 aliphatic rings. The third-order valence-electron chi connectivity index (χ3n) is 3.41. The van der Waals surface area contributed by atoms with E-state index in [9.17, 15) is 13.2 Å². The largest absolute Gasteiger partial charge is 0.449 e. The summed E-state index contributed by atoms with van der Waals surface area (Å²) < 4.78 is 40.3. The fraction of sp³-hybridized carbons (Fsp3) is 0.417. The fourth-order valence-corrected chi connectivity index (χ4v) is 2.33. The highest BCUT2D eigenvalue weighted by Crippen LogP contribution is 2.40. The smallest absolute Gasteiger partial charge is 0.399 e. The van der Waals surface area contributed by atoms with Gasteiger partial charge in [0, 0.05) is 11.7 Å². The van der Waals surface area contributed by atoms with Crippen LogP contribution < -0.4 is 5.73 Å². The van der Waals surface area contributed by atoms with E-state index >= 15 is 0 Å². The van der Waals surface area contributed by atoms with Crippen LogP contribution in [0.1, 0.15) is 31.1 Å². The van der Waals surface area contributed by atoms with Crippen molar-refractivity contribution in [2.45, 2.75) is 31.5 Å². The predicted octanol–water partition coefficient (Wildman–Crippen LogP) is 3.36. The first kappa shape index (κ1) is 11.4. The number of anilines is 1. The van der Waals surface area contributed by atoms with Crippen molar-refractivity contribution in [2.24, 2.45) is 0 Å². The molecule has 18 heavy (non-hydrogen) atoms. The normalized spacial score (nSPS) is 17.1. The van der Waals surface area contributed by atoms with Crippen LogP contribution in [0.25, 0.3) is 11.0 Å². The Balaban J connectivity index is 2.26. The summed E-state index contributed by atoms with van der Waals surface area (Å²) in [7, 11) is 0. The zero-order chi connectivity index (χ0) is 12.9. The molecule has 2 N–H and O–H groups in total. The van der Waals surface area contributed by atoms with Crippen LogP contribution in [-0.4, -0.2) is 9.55 Å². The van der Waals surface area contributed by atoms with E-state index in [0.29, 0.717) is 16.7 Å². The van der Waals surface area contributed by atoms with Crippen molar-refractivity contribution >= 4 is 16.7 Å². The number of halogens is 3. The second kappa shape index (κ2) is 3.63. The molecule has 0 saturated heterocycles. The third-order valence-corrected chi connectivity index (χ3v) is 3.41. The Morgan fingerprint density at radius 2 is 2.00 bits per heavy atom. The summed E-state index contributed by atoms with van der Waals surface area (Å²) in [6.45, 7) is 0. The molecule has 1 fully saturated rings. The van der Waals surface area contributed by atoms with Crippen LogP contribution in [0.3, 0.4) is 0 Å². The lowest BCUT2D eigenvalue weighted by Crippen LogP contribution is -2.23. The van der Waals surface area contributed by atoms with Crippen molar-refractivity contribution < 1.29 is 13.2 Å². The predicted molar refractivity (Wildman–Crippen MR) is 62.0 cm³/mol. The molecule has 0 spiro atoms. The first-order valence-corrected chi connectivity index (χ1v) is 5.81. The lowest BCUT2D eigenvalue weighted by molar-refractivity contribution is -0.148. The van der Waals surface area contributed by atoms with Crippen molar-refractivity contribution in [3.63, 3.8) is 0 Å². The Bertz CT molecular complexity index is 596. The van der Waals surface area contributed by atoms with Gasteiger partial charge in [0.1, 0.15) is 0 Å². The second-order valence-corrected chi connectivity index (χ2v) is 4.64. The molecule has 1 saturated carbocycles. The molecule has 1 aromatic heterocycles. The Morgan fingerprint density at radius 3 is 2.56 bits per heavy atom. The molecule has 1 aliphatic carbocycles. The average Bonchev–Trinajstić information content (AvgIpc) is 2.54. The van der Waals surface area contributed by atoms with Gasteiger partial charge in [0.25, 0.3) is 0 Å². The number of nitrogens with zero attached hydrogens (tertiary/aromatic N) is 2. The molecular weight excluding hydrogens is 243 g/mol. The Morgan fingerprint density at radius 1 is 1.28 bits per heavy atom. The Labute approximate surface area is 101 Å². The van der Waals surface area contributed by atoms with Crippen LogP contribution in [0.4, 0.5) is 18.9 Å². The maximum absolute atomic E-state index is 13.0. The number of aromatic nitrogens is 2. The number of fused-ring (bicyclic) bond motifs is 1. The number of imidazole rings is 1. The lowest BCUT2D eigenvalue weighted by Gasteiger charge is -2.29. The van der Waals surface area contributed by atoms with Gasteiger partial charge >= 0.3 is 6.18 Å². The maximum atomic E-state index is 13.0. The summed E-state index contributed by atoms with van der Waals surface area (Å²) in [6.07, 6.45) is -1.90. The minimum atomic E-state index is -4.43. The van der Waals surface area contributed by atoms with Crippen LogP contribution in [0.2, 0.25) is 0 Å². The van der Waals surface area contributed by atoms with Gasteiger partial charge in [-0.3, -0.25) is 0 Å². The molecule has 0 amide bonds. The highest BCUT2D eigenvalue weighted by atomic mass is 19.4. The summed E-state index contributed by atoms with van der Waals surface area (Å²) in [5.41, 5.74) is 6.84. The lowest BCUT2D eigenvalue weighted by atomic mass is 9.92. The summed E-state index contributed by atoms with van der Waals surface area (Å²) in [4.78, 5) is 3.71. The second-order valence-electron chi connectivity index (χ2n) is 4.64. The van der Waals surface area contributed by atoms with E-state index in [2.05, 4.69) is 4.98 Å². The quantitative estimate of drug-likeness (QED) is 0.794. The van der Waals surface area contributed by atoms with Gasteiger partial charge in [-0.25, -0.2) is 4.98 Å². The van der Waals surface area contributed by atoms with Gasteiger partial charge in [0.15, 0.2) is 0 Å². The summed E-state index contributed by atoms with van der Waals surface area (Å²) in [5.74, 6) is -0.812. The number of alkyl halides is 3. The fourth-order valence-electron chi connectivity index (χ4n) is 2.33. The van der Waals surface area contributed by atoms with Gasteiger partial charge < -0.3 is 10.3 Å². The van der Waals surface area contributed by atoms with E-state index in [4.69, 9.17) is 5.73 Å². The number of hydrogen-bond acceptors (Lipinski definition) is 2. The van der Waals surface area contributed by atoms with Crippen molar-refractivity contribution in [3.8, 4) is 0 Å². The van der Waals surface area contributed by atoms with Gasteiger partial charge in [-0.15, -0.1) is 0 Å². The van der Waals surface area contributed by atoms with Crippen LogP contribution in [0.5, 0.6) is 0 Å². The minimum absolute atomic E-state index is 0.0877. The first-order chi connectivity index (χ1) is 8.47. The Hall–Kier alpha value is -1.72. The molecule has 0 bridgehead atoms. The van der Waals surface area contributed by atoms with Gasteiger partial charge in [-0.05, 0) is 37.5 Å². The number of nitrogen functional groups attached to an aromatic ring is 1. The SMILES string of the molecule is Nc1ccc2c(c1)nc(C(F)(F)F)n2C1CCC1. The molecule has 3 nitrogen and oxygen atoms in total. The standard InChI is InChI=1S/C12H12F3N3/c13-12(14,15)11-17-9-6-7(16)4-5-10(9)18(11)8-2-1-3-8/h4-6,8H,1-3,16H2. The van der Waals surface area contributed by atoms with E-state index < -0.39 is 12.0 Å². The van der Waals surface area contributed by atoms with Crippen LogP contribution in [-0.2, 0) is 6.18 Å². The zero-order valence-corrected chi connectivity index (χ0v) is 9.54. The van der Waals surface area contributed by atoms with Crippen molar-refractivity contribution in [3.05, 3.63) is 24.0 Å². The number of rotatable bonds is 1. The molecule has 6 heteroatoms. The van der Waals surface area contributed by atoms with Gasteiger partial charge in [0.05, 0.1) is 11.0 Å². The average molecular weight is 255 g/mol. The molecular formula is C12H12F3N3. The van der Waals surface area contributed by atoms with Crippen molar-refractivity contribution in [1.29, 1.82) is 0 Å². The monoisotopic (exact) mass is 255 g/mol. The molecule has 0 unspecified atom stereocenters. The van der Waals surface area contributed by atoms with E-state index in [1.807, 2.05) is 0 Å². The number of benzene rings is 1. The van der Waals surface area contributed by atoms with Gasteiger partial charge in [-0.2, -0.15) is 13.2 Å². The molecule has 0 radical (unpaired) electrons. The number of nitrogens with two attached hydrogens (primary N) is 1. The van der Waals surface area contributed by atoms with E-state index in [-0.39, 0.29) is 6.04 Å². The Kier molecular flexibility index (Phi) is 2.30.